The van der Waals surface area contributed by atoms with Gasteiger partial charge in [0, 0.05) is 30.9 Å². The Morgan fingerprint density at radius 1 is 1.23 bits per heavy atom. The normalized spacial score (nSPS) is 16.8. The Kier molecular flexibility index (Phi) is 10.9. The van der Waals surface area contributed by atoms with Gasteiger partial charge in [0.2, 0.25) is 0 Å². The van der Waals surface area contributed by atoms with Crippen molar-refractivity contribution in [2.75, 3.05) is 6.54 Å². The Labute approximate surface area is 212 Å². The summed E-state index contributed by atoms with van der Waals surface area (Å²) in [6, 6.07) is 0. The zero-order valence-corrected chi connectivity index (χ0v) is 22.0. The average Bonchev–Trinajstić information content (AvgIpc) is 2.97. The standard InChI is InChI=1S/C13H22BN3O4.CH2O3.Cs.H/c1-12(2)13(3,4)21-14(20-12)10-8-16-17(9-10)7-5-6-15-11(18)19;2-1(3)4;;/h8-9,15H,5-7H2,1-4H3,(H,18,19);(H2,2,3,4);;/q;;+1;-1. The maximum atomic E-state index is 10.3. The Bertz CT molecular complexity index is 595. The van der Waals surface area contributed by atoms with Crippen LogP contribution in [0.2, 0.25) is 0 Å². The molecule has 0 bridgehead atoms. The van der Waals surface area contributed by atoms with Crippen LogP contribution >= 0.6 is 0 Å². The third-order valence-corrected chi connectivity index (χ3v) is 4.02. The van der Waals surface area contributed by atoms with Gasteiger partial charge in [0.05, 0.1) is 11.2 Å². The summed E-state index contributed by atoms with van der Waals surface area (Å²) >= 11 is 0. The van der Waals surface area contributed by atoms with Crippen LogP contribution in [0.3, 0.4) is 0 Å². The minimum absolute atomic E-state index is 0. The van der Waals surface area contributed by atoms with E-state index in [0.29, 0.717) is 19.5 Å². The van der Waals surface area contributed by atoms with Crippen LogP contribution < -0.4 is 79.7 Å². The van der Waals surface area contributed by atoms with E-state index in [4.69, 9.17) is 29.4 Å². The Morgan fingerprint density at radius 3 is 2.19 bits per heavy atom. The van der Waals surface area contributed by atoms with E-state index in [0.717, 1.165) is 5.46 Å². The molecule has 1 aromatic rings. The van der Waals surface area contributed by atoms with E-state index >= 15 is 0 Å². The number of nitrogens with zero attached hydrogens (tertiary/aromatic N) is 2. The monoisotopic (exact) mass is 491 g/mol. The van der Waals surface area contributed by atoms with Crippen molar-refractivity contribution in [1.82, 2.24) is 15.1 Å². The van der Waals surface area contributed by atoms with Crippen LogP contribution in [0.1, 0.15) is 35.5 Å². The van der Waals surface area contributed by atoms with Crippen LogP contribution in [0.5, 0.6) is 0 Å². The Balaban J connectivity index is 0. The third kappa shape index (κ3) is 8.21. The number of hydrogen-bond donors (Lipinski definition) is 4. The van der Waals surface area contributed by atoms with Gasteiger partial charge in [-0.25, -0.2) is 9.59 Å². The number of carboxylic acid groups (broad SMARTS) is 3. The molecule has 0 aliphatic carbocycles. The molecule has 12 heteroatoms. The SMILES string of the molecule is CC1(C)OB(c2cnn(CCCNC(=O)O)c2)OC1(C)C.O=C(O)O.[Cs+].[H-]. The molecule has 26 heavy (non-hydrogen) atoms. The van der Waals surface area contributed by atoms with Gasteiger partial charge >= 0.3 is 88.3 Å². The summed E-state index contributed by atoms with van der Waals surface area (Å²) in [5.74, 6) is 0. The van der Waals surface area contributed by atoms with E-state index in [1.807, 2.05) is 33.9 Å². The number of rotatable bonds is 5. The van der Waals surface area contributed by atoms with Gasteiger partial charge in [-0.2, -0.15) is 5.10 Å². The molecule has 1 fully saturated rings. The summed E-state index contributed by atoms with van der Waals surface area (Å²) in [5.41, 5.74) is 0.135. The van der Waals surface area contributed by atoms with Crippen LogP contribution in [-0.2, 0) is 15.9 Å². The fourth-order valence-electron chi connectivity index (χ4n) is 2.04. The summed E-state index contributed by atoms with van der Waals surface area (Å²) in [5, 5.41) is 29.0. The van der Waals surface area contributed by atoms with Gasteiger partial charge in [-0.05, 0) is 34.1 Å². The molecule has 1 aliphatic rings. The van der Waals surface area contributed by atoms with Gasteiger partial charge in [-0.15, -0.1) is 0 Å². The van der Waals surface area contributed by atoms with E-state index in [-0.39, 0.29) is 81.5 Å². The van der Waals surface area contributed by atoms with E-state index < -0.39 is 19.4 Å². The zero-order chi connectivity index (χ0) is 19.3. The molecule has 10 nitrogen and oxygen atoms in total. The fraction of sp³-hybridized carbons (Fsp3) is 0.643. The first-order valence-corrected chi connectivity index (χ1v) is 7.71. The van der Waals surface area contributed by atoms with Gasteiger partial charge in [-0.1, -0.05) is 0 Å². The topological polar surface area (TPSA) is 143 Å². The molecule has 0 atom stereocenters. The fourth-order valence-corrected chi connectivity index (χ4v) is 2.04. The van der Waals surface area contributed by atoms with Gasteiger partial charge in [0.15, 0.2) is 0 Å². The molecular weight excluding hydrogens is 466 g/mol. The van der Waals surface area contributed by atoms with Gasteiger partial charge < -0.3 is 31.4 Å². The molecule has 2 heterocycles. The average molecular weight is 491 g/mol. The minimum Gasteiger partial charge on any atom is -1.00 e. The van der Waals surface area contributed by atoms with E-state index in [1.54, 1.807) is 10.9 Å². The molecule has 142 valence electrons. The first-order valence-electron chi connectivity index (χ1n) is 7.71. The van der Waals surface area contributed by atoms with E-state index in [1.165, 1.54) is 0 Å². The van der Waals surface area contributed by atoms with Gasteiger partial charge in [0.1, 0.15) is 0 Å². The minimum atomic E-state index is -1.83. The second-order valence-corrected chi connectivity index (χ2v) is 6.49. The number of hydrogen-bond acceptors (Lipinski definition) is 5. The van der Waals surface area contributed by atoms with Crippen LogP contribution in [0, 0.1) is 0 Å². The van der Waals surface area contributed by atoms with Gasteiger partial charge in [-0.3, -0.25) is 4.68 Å². The van der Waals surface area contributed by atoms with Crippen LogP contribution in [0.25, 0.3) is 0 Å². The smallest absolute Gasteiger partial charge is 1.00 e. The number of nitrogens with one attached hydrogen (secondary N) is 1. The molecule has 1 amide bonds. The molecule has 0 aromatic carbocycles. The van der Waals surface area contributed by atoms with Crippen molar-refractivity contribution < 1.29 is 105 Å². The number of aromatic nitrogens is 2. The molecule has 0 unspecified atom stereocenters. The predicted molar refractivity (Wildman–Crippen MR) is 90.4 cm³/mol. The predicted octanol–water partition coefficient (Wildman–Crippen LogP) is -1.82. The van der Waals surface area contributed by atoms with Crippen LogP contribution in [0.4, 0.5) is 9.59 Å². The summed E-state index contributed by atoms with van der Waals surface area (Å²) in [6.07, 6.45) is 1.44. The van der Waals surface area contributed by atoms with Crippen molar-refractivity contribution in [3.8, 4) is 0 Å². The quantitative estimate of drug-likeness (QED) is 0.279. The van der Waals surface area contributed by atoms with Crippen molar-refractivity contribution in [1.29, 1.82) is 0 Å². The molecule has 1 saturated heterocycles. The largest absolute Gasteiger partial charge is 1.00 e. The van der Waals surface area contributed by atoms with Crippen LogP contribution in [-0.4, -0.2) is 62.2 Å². The van der Waals surface area contributed by atoms with Crippen molar-refractivity contribution in [3.05, 3.63) is 12.4 Å². The molecule has 2 rings (SSSR count). The number of carbonyl (C=O) groups is 2. The van der Waals surface area contributed by atoms with Gasteiger partial charge in [0.25, 0.3) is 0 Å². The first-order chi connectivity index (χ1) is 11.4. The molecular formula is C14H25BCsN3O7. The summed E-state index contributed by atoms with van der Waals surface area (Å²) in [6.45, 7) is 9.08. The maximum Gasteiger partial charge on any atom is 1.00 e. The molecule has 0 saturated carbocycles. The van der Waals surface area contributed by atoms with Crippen molar-refractivity contribution in [2.45, 2.75) is 51.9 Å². The Hall–Kier alpha value is -0.213. The molecule has 0 radical (unpaired) electrons. The van der Waals surface area contributed by atoms with Crippen molar-refractivity contribution in [3.63, 3.8) is 0 Å². The maximum absolute atomic E-state index is 10.3. The summed E-state index contributed by atoms with van der Waals surface area (Å²) in [4.78, 5) is 18.9. The second-order valence-electron chi connectivity index (χ2n) is 6.49. The second kappa shape index (κ2) is 11.0. The zero-order valence-electron chi connectivity index (χ0n) is 16.7. The van der Waals surface area contributed by atoms with Crippen molar-refractivity contribution in [2.24, 2.45) is 0 Å². The number of aryl methyl sites for hydroxylation is 1. The first kappa shape index (κ1) is 25.8. The number of amides is 1. The summed E-state index contributed by atoms with van der Waals surface area (Å²) < 4.78 is 13.7. The molecule has 1 aliphatic heterocycles. The van der Waals surface area contributed by atoms with Crippen molar-refractivity contribution >= 4 is 24.8 Å². The molecule has 1 aromatic heterocycles. The van der Waals surface area contributed by atoms with Crippen LogP contribution in [0.15, 0.2) is 12.4 Å². The van der Waals surface area contributed by atoms with E-state index in [2.05, 4.69) is 10.4 Å². The van der Waals surface area contributed by atoms with E-state index in [9.17, 15) is 4.79 Å². The Morgan fingerprint density at radius 2 is 1.73 bits per heavy atom. The summed E-state index contributed by atoms with van der Waals surface area (Å²) in [7, 11) is -0.416. The third-order valence-electron chi connectivity index (χ3n) is 4.02. The molecule has 4 N–H and O–H groups in total. The molecule has 0 spiro atoms.